The Morgan fingerprint density at radius 2 is 1.79 bits per heavy atom. The van der Waals surface area contributed by atoms with Crippen molar-refractivity contribution in [2.75, 3.05) is 18.5 Å². The van der Waals surface area contributed by atoms with Crippen LogP contribution < -0.4 is 9.64 Å². The van der Waals surface area contributed by atoms with Crippen LogP contribution in [-0.4, -0.2) is 30.1 Å². The highest BCUT2D eigenvalue weighted by Crippen LogP contribution is 2.52. The molecule has 4 heteroatoms. The second-order valence-electron chi connectivity index (χ2n) is 7.96. The molecular formula is C24H24N2O2. The maximum absolute atomic E-state index is 12.6. The lowest BCUT2D eigenvalue weighted by Gasteiger charge is -2.36. The van der Waals surface area contributed by atoms with E-state index in [0.717, 1.165) is 19.3 Å². The van der Waals surface area contributed by atoms with E-state index in [4.69, 9.17) is 4.74 Å². The molecule has 1 aliphatic carbocycles. The van der Waals surface area contributed by atoms with Gasteiger partial charge >= 0.3 is 6.09 Å². The number of hydrogen-bond acceptors (Lipinski definition) is 3. The first-order valence-corrected chi connectivity index (χ1v) is 9.85. The molecule has 0 saturated carbocycles. The normalized spacial score (nSPS) is 23.0. The average molecular weight is 372 g/mol. The fraction of sp³-hybridized carbons (Fsp3) is 0.292. The number of likely N-dealkylation sites (N-methyl/N-ethyl adjacent to an activating group) is 1. The predicted octanol–water partition coefficient (Wildman–Crippen LogP) is 4.93. The van der Waals surface area contributed by atoms with Crippen LogP contribution >= 0.6 is 0 Å². The minimum absolute atomic E-state index is 0.00416. The first kappa shape index (κ1) is 17.1. The Kier molecular flexibility index (Phi) is 3.83. The first-order chi connectivity index (χ1) is 13.6. The summed E-state index contributed by atoms with van der Waals surface area (Å²) in [6, 6.07) is 17.9. The number of carbonyl (C=O) groups excluding carboxylic acids is 1. The van der Waals surface area contributed by atoms with Gasteiger partial charge in [-0.1, -0.05) is 36.4 Å². The molecule has 5 rings (SSSR count). The van der Waals surface area contributed by atoms with Crippen LogP contribution in [0.25, 0.3) is 0 Å². The molecule has 0 fully saturated rings. The molecule has 2 heterocycles. The van der Waals surface area contributed by atoms with Crippen molar-refractivity contribution in [3.63, 3.8) is 0 Å². The van der Waals surface area contributed by atoms with Crippen molar-refractivity contribution in [3.05, 3.63) is 83.1 Å². The van der Waals surface area contributed by atoms with Crippen LogP contribution in [0.1, 0.15) is 25.3 Å². The maximum Gasteiger partial charge on any atom is 0.419 e. The van der Waals surface area contributed by atoms with Gasteiger partial charge in [-0.3, -0.25) is 4.90 Å². The van der Waals surface area contributed by atoms with Gasteiger partial charge in [0.25, 0.3) is 0 Å². The predicted molar refractivity (Wildman–Crippen MR) is 110 cm³/mol. The summed E-state index contributed by atoms with van der Waals surface area (Å²) in [5, 5.41) is 0. The van der Waals surface area contributed by atoms with Gasteiger partial charge in [0.05, 0.1) is 5.54 Å². The molecule has 0 radical (unpaired) electrons. The first-order valence-electron chi connectivity index (χ1n) is 9.85. The number of anilines is 1. The molecule has 0 N–H and O–H groups in total. The van der Waals surface area contributed by atoms with Crippen molar-refractivity contribution in [2.24, 2.45) is 0 Å². The third kappa shape index (κ3) is 2.48. The lowest BCUT2D eigenvalue weighted by molar-refractivity contribution is 0.169. The summed E-state index contributed by atoms with van der Waals surface area (Å²) >= 11 is 0. The van der Waals surface area contributed by atoms with E-state index in [9.17, 15) is 4.79 Å². The Balaban J connectivity index is 1.41. The number of benzene rings is 2. The van der Waals surface area contributed by atoms with Gasteiger partial charge in [0.15, 0.2) is 0 Å². The molecule has 0 bridgehead atoms. The number of fused-ring (bicyclic) bond motifs is 2. The van der Waals surface area contributed by atoms with Gasteiger partial charge < -0.3 is 9.64 Å². The van der Waals surface area contributed by atoms with Crippen molar-refractivity contribution in [1.29, 1.82) is 0 Å². The Bertz CT molecular complexity index is 1010. The largest absolute Gasteiger partial charge is 0.419 e. The van der Waals surface area contributed by atoms with E-state index in [0.29, 0.717) is 12.3 Å². The molecule has 0 saturated heterocycles. The average Bonchev–Trinajstić information content (AvgIpc) is 3.16. The molecule has 1 atom stereocenters. The minimum Gasteiger partial charge on any atom is -0.410 e. The standard InChI is InChI=1S/C24H24N2O2/c1-17-21-12-13-26(23(27)28-20-9-4-3-5-10-20)16-19(21)15-24(17)14-18-8-6-7-11-22(18)25(24)2/h3-11,16H,12-15H2,1-2H3. The summed E-state index contributed by atoms with van der Waals surface area (Å²) in [4.78, 5) is 16.8. The molecule has 3 aliphatic rings. The van der Waals surface area contributed by atoms with E-state index < -0.39 is 0 Å². The quantitative estimate of drug-likeness (QED) is 0.712. The monoisotopic (exact) mass is 372 g/mol. The summed E-state index contributed by atoms with van der Waals surface area (Å²) in [7, 11) is 2.20. The van der Waals surface area contributed by atoms with Crippen LogP contribution in [0.2, 0.25) is 0 Å². The summed E-state index contributed by atoms with van der Waals surface area (Å²) in [6.45, 7) is 2.94. The molecule has 2 aliphatic heterocycles. The third-order valence-corrected chi connectivity index (χ3v) is 6.60. The van der Waals surface area contributed by atoms with Crippen molar-refractivity contribution in [1.82, 2.24) is 4.90 Å². The number of ether oxygens (including phenoxy) is 1. The lowest BCUT2D eigenvalue weighted by Crippen LogP contribution is -2.43. The lowest BCUT2D eigenvalue weighted by atomic mass is 9.87. The van der Waals surface area contributed by atoms with E-state index in [-0.39, 0.29) is 11.6 Å². The van der Waals surface area contributed by atoms with Gasteiger partial charge in [0.1, 0.15) is 5.75 Å². The van der Waals surface area contributed by atoms with Crippen LogP contribution in [0.5, 0.6) is 5.75 Å². The van der Waals surface area contributed by atoms with Crippen molar-refractivity contribution >= 4 is 11.8 Å². The van der Waals surface area contributed by atoms with E-state index >= 15 is 0 Å². The van der Waals surface area contributed by atoms with Gasteiger partial charge in [-0.25, -0.2) is 4.79 Å². The number of amides is 1. The zero-order valence-electron chi connectivity index (χ0n) is 16.3. The summed E-state index contributed by atoms with van der Waals surface area (Å²) in [6.07, 6.45) is 4.56. The molecule has 142 valence electrons. The third-order valence-electron chi connectivity index (χ3n) is 6.60. The van der Waals surface area contributed by atoms with E-state index in [1.165, 1.54) is 28.0 Å². The number of para-hydroxylation sites is 2. The summed E-state index contributed by atoms with van der Waals surface area (Å²) in [5.74, 6) is 0.581. The number of nitrogens with zero attached hydrogens (tertiary/aromatic N) is 2. The Hall–Kier alpha value is -3.01. The summed E-state index contributed by atoms with van der Waals surface area (Å²) < 4.78 is 5.53. The minimum atomic E-state index is -0.306. The zero-order chi connectivity index (χ0) is 19.3. The Morgan fingerprint density at radius 1 is 1.04 bits per heavy atom. The number of hydrogen-bond donors (Lipinski definition) is 0. The summed E-state index contributed by atoms with van der Waals surface area (Å²) in [5.41, 5.74) is 6.88. The van der Waals surface area contributed by atoms with Crippen molar-refractivity contribution in [2.45, 2.75) is 31.7 Å². The SMILES string of the molecule is CC1=C2CCN(C(=O)Oc3ccccc3)C=C2CC12Cc1ccccc1N2C. The van der Waals surface area contributed by atoms with E-state index in [2.05, 4.69) is 43.1 Å². The van der Waals surface area contributed by atoms with Crippen molar-refractivity contribution < 1.29 is 9.53 Å². The fourth-order valence-corrected chi connectivity index (χ4v) is 5.04. The zero-order valence-corrected chi connectivity index (χ0v) is 16.3. The molecule has 4 nitrogen and oxygen atoms in total. The van der Waals surface area contributed by atoms with Crippen LogP contribution in [0.4, 0.5) is 10.5 Å². The molecule has 1 unspecified atom stereocenters. The molecule has 28 heavy (non-hydrogen) atoms. The van der Waals surface area contributed by atoms with Crippen LogP contribution in [-0.2, 0) is 6.42 Å². The number of rotatable bonds is 1. The molecular weight excluding hydrogens is 348 g/mol. The van der Waals surface area contributed by atoms with Gasteiger partial charge in [0.2, 0.25) is 0 Å². The maximum atomic E-state index is 12.6. The van der Waals surface area contributed by atoms with Crippen molar-refractivity contribution in [3.8, 4) is 5.75 Å². The van der Waals surface area contributed by atoms with Gasteiger partial charge in [0, 0.05) is 38.3 Å². The molecule has 1 amide bonds. The van der Waals surface area contributed by atoms with Crippen LogP contribution in [0.3, 0.4) is 0 Å². The van der Waals surface area contributed by atoms with E-state index in [1.807, 2.05) is 24.4 Å². The van der Waals surface area contributed by atoms with Gasteiger partial charge in [-0.05, 0) is 53.8 Å². The second kappa shape index (κ2) is 6.26. The van der Waals surface area contributed by atoms with Crippen LogP contribution in [0, 0.1) is 0 Å². The highest BCUT2D eigenvalue weighted by molar-refractivity contribution is 5.74. The topological polar surface area (TPSA) is 32.8 Å². The van der Waals surface area contributed by atoms with Gasteiger partial charge in [-0.2, -0.15) is 0 Å². The molecule has 1 spiro atoms. The highest BCUT2D eigenvalue weighted by Gasteiger charge is 2.49. The van der Waals surface area contributed by atoms with Gasteiger partial charge in [-0.15, -0.1) is 0 Å². The molecule has 2 aromatic carbocycles. The highest BCUT2D eigenvalue weighted by atomic mass is 16.6. The van der Waals surface area contributed by atoms with E-state index in [1.54, 1.807) is 17.0 Å². The smallest absolute Gasteiger partial charge is 0.410 e. The molecule has 2 aromatic rings. The van der Waals surface area contributed by atoms with Crippen LogP contribution in [0.15, 0.2) is 77.5 Å². The molecule has 0 aromatic heterocycles. The second-order valence-corrected chi connectivity index (χ2v) is 7.96. The Morgan fingerprint density at radius 3 is 2.57 bits per heavy atom. The Labute approximate surface area is 165 Å². The number of carbonyl (C=O) groups is 1. The fourth-order valence-electron chi connectivity index (χ4n) is 5.04.